The lowest BCUT2D eigenvalue weighted by atomic mass is 9.64. The number of halogens is 1. The van der Waals surface area contributed by atoms with Crippen molar-refractivity contribution in [2.24, 2.45) is 7.05 Å². The number of thiol groups is 1. The molecule has 0 bridgehead atoms. The summed E-state index contributed by atoms with van der Waals surface area (Å²) in [6, 6.07) is 8.50. The third-order valence-electron chi connectivity index (χ3n) is 3.86. The molecule has 0 radical (unpaired) electrons. The average Bonchev–Trinajstić information content (AvgIpc) is 2.60. The highest BCUT2D eigenvalue weighted by molar-refractivity contribution is 9.10. The average molecular weight is 324 g/mol. The van der Waals surface area contributed by atoms with Crippen LogP contribution in [0.4, 0.5) is 0 Å². The van der Waals surface area contributed by atoms with E-state index in [1.807, 2.05) is 11.6 Å². The maximum atomic E-state index is 4.34. The molecule has 0 spiro atoms. The standard InChI is InChI=1S/C13H14BrN3S/c1-17-11(15-16-12(17)18)13(6-3-7-13)9-4-2-5-10(14)8-9/h2,4-5,8H,3,6-7H2,1H3,(H,16,18). The number of aromatic nitrogens is 3. The molecule has 1 aromatic heterocycles. The van der Waals surface area contributed by atoms with Gasteiger partial charge in [-0.1, -0.05) is 34.5 Å². The van der Waals surface area contributed by atoms with E-state index in [1.54, 1.807) is 0 Å². The number of nitrogens with zero attached hydrogens (tertiary/aromatic N) is 3. The quantitative estimate of drug-likeness (QED) is 0.859. The van der Waals surface area contributed by atoms with Gasteiger partial charge in [-0.05, 0) is 30.5 Å². The monoisotopic (exact) mass is 323 g/mol. The minimum Gasteiger partial charge on any atom is -0.309 e. The van der Waals surface area contributed by atoms with E-state index in [2.05, 4.69) is 63.0 Å². The van der Waals surface area contributed by atoms with Crippen molar-refractivity contribution in [2.45, 2.75) is 29.8 Å². The minimum atomic E-state index is 0.0203. The molecule has 1 fully saturated rings. The first-order valence-corrected chi connectivity index (χ1v) is 7.22. The molecular weight excluding hydrogens is 310 g/mol. The molecule has 5 heteroatoms. The molecule has 0 aliphatic heterocycles. The third kappa shape index (κ3) is 1.72. The molecule has 0 amide bonds. The zero-order valence-electron chi connectivity index (χ0n) is 10.1. The van der Waals surface area contributed by atoms with E-state index in [-0.39, 0.29) is 5.41 Å². The number of hydrogen-bond donors (Lipinski definition) is 1. The Bertz CT molecular complexity index is 590. The summed E-state index contributed by atoms with van der Waals surface area (Å²) in [5, 5.41) is 9.09. The summed E-state index contributed by atoms with van der Waals surface area (Å²) < 4.78 is 3.10. The van der Waals surface area contributed by atoms with Gasteiger partial charge in [-0.15, -0.1) is 22.8 Å². The van der Waals surface area contributed by atoms with E-state index < -0.39 is 0 Å². The van der Waals surface area contributed by atoms with Gasteiger partial charge in [0.1, 0.15) is 5.82 Å². The van der Waals surface area contributed by atoms with Gasteiger partial charge in [0, 0.05) is 11.5 Å². The van der Waals surface area contributed by atoms with Crippen LogP contribution in [-0.4, -0.2) is 14.8 Å². The van der Waals surface area contributed by atoms with Crippen LogP contribution in [0.2, 0.25) is 0 Å². The molecule has 1 heterocycles. The lowest BCUT2D eigenvalue weighted by Crippen LogP contribution is -2.38. The van der Waals surface area contributed by atoms with Crippen LogP contribution in [0.5, 0.6) is 0 Å². The van der Waals surface area contributed by atoms with Gasteiger partial charge >= 0.3 is 0 Å². The molecule has 0 atom stereocenters. The Morgan fingerprint density at radius 3 is 2.61 bits per heavy atom. The first-order valence-electron chi connectivity index (χ1n) is 5.98. The zero-order chi connectivity index (χ0) is 12.8. The first-order chi connectivity index (χ1) is 8.63. The molecular formula is C13H14BrN3S. The molecule has 1 aliphatic rings. The van der Waals surface area contributed by atoms with Crippen molar-refractivity contribution < 1.29 is 0 Å². The van der Waals surface area contributed by atoms with Crippen LogP contribution in [-0.2, 0) is 12.5 Å². The van der Waals surface area contributed by atoms with Crippen LogP contribution < -0.4 is 0 Å². The highest BCUT2D eigenvalue weighted by Gasteiger charge is 2.44. The topological polar surface area (TPSA) is 30.7 Å². The molecule has 1 aliphatic carbocycles. The van der Waals surface area contributed by atoms with Crippen molar-refractivity contribution in [3.8, 4) is 0 Å². The summed E-state index contributed by atoms with van der Waals surface area (Å²) in [4.78, 5) is 0. The number of hydrogen-bond acceptors (Lipinski definition) is 3. The van der Waals surface area contributed by atoms with Gasteiger partial charge in [0.05, 0.1) is 5.41 Å². The van der Waals surface area contributed by atoms with Gasteiger partial charge in [0.25, 0.3) is 0 Å². The van der Waals surface area contributed by atoms with Crippen molar-refractivity contribution in [3.63, 3.8) is 0 Å². The van der Waals surface area contributed by atoms with Crippen LogP contribution in [0.3, 0.4) is 0 Å². The summed E-state index contributed by atoms with van der Waals surface area (Å²) in [6.07, 6.45) is 3.49. The van der Waals surface area contributed by atoms with Crippen LogP contribution in [0.25, 0.3) is 0 Å². The van der Waals surface area contributed by atoms with E-state index in [9.17, 15) is 0 Å². The minimum absolute atomic E-state index is 0.0203. The van der Waals surface area contributed by atoms with E-state index in [0.29, 0.717) is 5.16 Å². The zero-order valence-corrected chi connectivity index (χ0v) is 12.6. The molecule has 0 N–H and O–H groups in total. The Morgan fingerprint density at radius 1 is 1.33 bits per heavy atom. The summed E-state index contributed by atoms with van der Waals surface area (Å²) in [5.74, 6) is 1.02. The Hall–Kier alpha value is -0.810. The molecule has 94 valence electrons. The van der Waals surface area contributed by atoms with Crippen molar-refractivity contribution >= 4 is 28.6 Å². The Morgan fingerprint density at radius 2 is 2.11 bits per heavy atom. The normalized spacial score (nSPS) is 17.5. The van der Waals surface area contributed by atoms with Gasteiger partial charge in [-0.3, -0.25) is 0 Å². The predicted molar refractivity (Wildman–Crippen MR) is 77.0 cm³/mol. The molecule has 1 saturated carbocycles. The summed E-state index contributed by atoms with van der Waals surface area (Å²) in [7, 11) is 1.98. The van der Waals surface area contributed by atoms with Crippen LogP contribution >= 0.6 is 28.6 Å². The largest absolute Gasteiger partial charge is 0.309 e. The van der Waals surface area contributed by atoms with Crippen molar-refractivity contribution in [1.29, 1.82) is 0 Å². The maximum absolute atomic E-state index is 4.34. The molecule has 18 heavy (non-hydrogen) atoms. The second-order valence-corrected chi connectivity index (χ2v) is 6.14. The fourth-order valence-electron chi connectivity index (χ4n) is 2.70. The van der Waals surface area contributed by atoms with Gasteiger partial charge in [-0.2, -0.15) is 0 Å². The van der Waals surface area contributed by atoms with E-state index >= 15 is 0 Å². The van der Waals surface area contributed by atoms with Gasteiger partial charge in [0.15, 0.2) is 5.16 Å². The molecule has 3 nitrogen and oxygen atoms in total. The fourth-order valence-corrected chi connectivity index (χ4v) is 3.23. The predicted octanol–water partition coefficient (Wildman–Crippen LogP) is 3.34. The smallest absolute Gasteiger partial charge is 0.187 e. The SMILES string of the molecule is Cn1c(S)nnc1C1(c2cccc(Br)c2)CCC1. The van der Waals surface area contributed by atoms with Crippen molar-refractivity contribution in [2.75, 3.05) is 0 Å². The van der Waals surface area contributed by atoms with Crippen LogP contribution in [0, 0.1) is 0 Å². The van der Waals surface area contributed by atoms with Gasteiger partial charge < -0.3 is 4.57 Å². The Labute approximate surface area is 120 Å². The molecule has 1 aromatic carbocycles. The van der Waals surface area contributed by atoms with Crippen molar-refractivity contribution in [3.05, 3.63) is 40.1 Å². The second kappa shape index (κ2) is 4.38. The molecule has 2 aromatic rings. The highest BCUT2D eigenvalue weighted by atomic mass is 79.9. The molecule has 0 saturated heterocycles. The first kappa shape index (κ1) is 12.2. The van der Waals surface area contributed by atoms with E-state index in [0.717, 1.165) is 23.1 Å². The van der Waals surface area contributed by atoms with E-state index in [4.69, 9.17) is 0 Å². The number of benzene rings is 1. The summed E-state index contributed by atoms with van der Waals surface area (Å²) in [5.41, 5.74) is 1.33. The van der Waals surface area contributed by atoms with Crippen LogP contribution in [0.15, 0.2) is 33.9 Å². The molecule has 3 rings (SSSR count). The highest BCUT2D eigenvalue weighted by Crippen LogP contribution is 2.48. The Kier molecular flexibility index (Phi) is 2.98. The van der Waals surface area contributed by atoms with E-state index in [1.165, 1.54) is 12.0 Å². The lowest BCUT2D eigenvalue weighted by molar-refractivity contribution is 0.276. The van der Waals surface area contributed by atoms with Crippen LogP contribution in [0.1, 0.15) is 30.7 Å². The summed E-state index contributed by atoms with van der Waals surface area (Å²) in [6.45, 7) is 0. The maximum Gasteiger partial charge on any atom is 0.187 e. The summed E-state index contributed by atoms with van der Waals surface area (Å²) >= 11 is 7.87. The Balaban J connectivity index is 2.13. The lowest BCUT2D eigenvalue weighted by Gasteiger charge is -2.41. The third-order valence-corrected chi connectivity index (χ3v) is 4.75. The second-order valence-electron chi connectivity index (χ2n) is 4.83. The van der Waals surface area contributed by atoms with Gasteiger partial charge in [-0.25, -0.2) is 0 Å². The molecule has 0 unspecified atom stereocenters. The number of rotatable bonds is 2. The fraction of sp³-hybridized carbons (Fsp3) is 0.385. The van der Waals surface area contributed by atoms with Gasteiger partial charge in [0.2, 0.25) is 0 Å². The van der Waals surface area contributed by atoms with Crippen molar-refractivity contribution in [1.82, 2.24) is 14.8 Å².